The monoisotopic (exact) mass is 295 g/mol. The summed E-state index contributed by atoms with van der Waals surface area (Å²) in [5, 5.41) is 0. The van der Waals surface area contributed by atoms with Gasteiger partial charge in [0.2, 0.25) is 0 Å². The highest BCUT2D eigenvalue weighted by molar-refractivity contribution is 9.12. The molecule has 0 aliphatic carbocycles. The van der Waals surface area contributed by atoms with Gasteiger partial charge in [-0.05, 0) is 33.6 Å². The van der Waals surface area contributed by atoms with Crippen molar-refractivity contribution in [2.45, 2.75) is 6.54 Å². The van der Waals surface area contributed by atoms with E-state index in [2.05, 4.69) is 15.9 Å². The summed E-state index contributed by atoms with van der Waals surface area (Å²) in [4.78, 5) is 24.3. The van der Waals surface area contributed by atoms with Crippen LogP contribution in [0.4, 0.5) is 0 Å². The molecule has 0 bridgehead atoms. The predicted molar refractivity (Wildman–Crippen MR) is 65.6 cm³/mol. The minimum atomic E-state index is -0.300. The molecular formula is C12H10BrNO3. The molecule has 0 spiro atoms. The van der Waals surface area contributed by atoms with E-state index < -0.39 is 0 Å². The van der Waals surface area contributed by atoms with Crippen molar-refractivity contribution in [2.24, 2.45) is 0 Å². The van der Waals surface area contributed by atoms with Crippen LogP contribution in [0.2, 0.25) is 0 Å². The van der Waals surface area contributed by atoms with E-state index in [0.717, 1.165) is 11.3 Å². The van der Waals surface area contributed by atoms with Gasteiger partial charge in [-0.3, -0.25) is 14.5 Å². The number of carbonyl (C=O) groups excluding carboxylic acids is 2. The predicted octanol–water partition coefficient (Wildman–Crippen LogP) is 1.84. The van der Waals surface area contributed by atoms with Gasteiger partial charge < -0.3 is 4.74 Å². The number of benzene rings is 1. The quantitative estimate of drug-likeness (QED) is 0.800. The third-order valence-electron chi connectivity index (χ3n) is 2.47. The summed E-state index contributed by atoms with van der Waals surface area (Å²) in [5.41, 5.74) is 0.878. The third-order valence-corrected chi connectivity index (χ3v) is 3.03. The molecule has 1 heterocycles. The Bertz CT molecular complexity index is 493. The number of imide groups is 1. The number of amides is 2. The average Bonchev–Trinajstić information content (AvgIpc) is 2.57. The maximum absolute atomic E-state index is 11.6. The summed E-state index contributed by atoms with van der Waals surface area (Å²) in [6, 6.07) is 7.24. The number of carbonyl (C=O) groups is 2. The number of hydrogen-bond donors (Lipinski definition) is 0. The van der Waals surface area contributed by atoms with Crippen molar-refractivity contribution in [1.82, 2.24) is 4.90 Å². The highest BCUT2D eigenvalue weighted by Gasteiger charge is 2.29. The minimum absolute atomic E-state index is 0.271. The van der Waals surface area contributed by atoms with Gasteiger partial charge in [-0.2, -0.15) is 0 Å². The van der Waals surface area contributed by atoms with E-state index in [1.165, 1.54) is 11.0 Å². The van der Waals surface area contributed by atoms with Crippen molar-refractivity contribution >= 4 is 27.7 Å². The first-order chi connectivity index (χ1) is 8.11. The highest BCUT2D eigenvalue weighted by atomic mass is 79.9. The van der Waals surface area contributed by atoms with Gasteiger partial charge in [0.15, 0.2) is 0 Å². The van der Waals surface area contributed by atoms with Crippen LogP contribution in [-0.2, 0) is 16.1 Å². The van der Waals surface area contributed by atoms with E-state index in [1.54, 1.807) is 19.2 Å². The number of hydrogen-bond acceptors (Lipinski definition) is 3. The maximum Gasteiger partial charge on any atom is 0.268 e. The molecule has 0 saturated carbocycles. The van der Waals surface area contributed by atoms with E-state index in [9.17, 15) is 9.59 Å². The molecule has 1 aliphatic rings. The van der Waals surface area contributed by atoms with Crippen molar-refractivity contribution in [3.8, 4) is 5.75 Å². The summed E-state index contributed by atoms with van der Waals surface area (Å²) in [7, 11) is 1.59. The zero-order chi connectivity index (χ0) is 12.4. The molecule has 5 heteroatoms. The van der Waals surface area contributed by atoms with Gasteiger partial charge in [-0.15, -0.1) is 0 Å². The van der Waals surface area contributed by atoms with Crippen molar-refractivity contribution < 1.29 is 14.3 Å². The van der Waals surface area contributed by atoms with Crippen LogP contribution in [0.3, 0.4) is 0 Å². The van der Waals surface area contributed by atoms with Gasteiger partial charge >= 0.3 is 0 Å². The van der Waals surface area contributed by atoms with Crippen LogP contribution in [0.15, 0.2) is 34.8 Å². The lowest BCUT2D eigenvalue weighted by Gasteiger charge is -2.14. The van der Waals surface area contributed by atoms with Crippen LogP contribution < -0.4 is 4.74 Å². The molecule has 0 atom stereocenters. The second-order valence-electron chi connectivity index (χ2n) is 3.57. The lowest BCUT2D eigenvalue weighted by molar-refractivity contribution is -0.137. The summed E-state index contributed by atoms with van der Waals surface area (Å²) in [6.07, 6.45) is 1.28. The first-order valence-electron chi connectivity index (χ1n) is 4.98. The molecule has 4 nitrogen and oxygen atoms in total. The fourth-order valence-electron chi connectivity index (χ4n) is 1.54. The number of methoxy groups -OCH3 is 1. The van der Waals surface area contributed by atoms with Crippen molar-refractivity contribution in [2.75, 3.05) is 7.11 Å². The van der Waals surface area contributed by atoms with E-state index in [-0.39, 0.29) is 18.4 Å². The summed E-state index contributed by atoms with van der Waals surface area (Å²) in [6.45, 7) is 0.271. The lowest BCUT2D eigenvalue weighted by atomic mass is 10.2. The molecule has 0 aromatic heterocycles. The normalized spacial score (nSPS) is 15.2. The third kappa shape index (κ3) is 2.39. The Morgan fingerprint density at radius 2 is 1.88 bits per heavy atom. The van der Waals surface area contributed by atoms with Gasteiger partial charge in [0.05, 0.1) is 18.1 Å². The molecule has 0 radical (unpaired) electrons. The van der Waals surface area contributed by atoms with Gasteiger partial charge in [-0.1, -0.05) is 12.1 Å². The van der Waals surface area contributed by atoms with E-state index in [4.69, 9.17) is 4.74 Å². The molecule has 1 aromatic carbocycles. The molecular weight excluding hydrogens is 286 g/mol. The number of rotatable bonds is 3. The Kier molecular flexibility index (Phi) is 3.28. The molecule has 0 unspecified atom stereocenters. The summed E-state index contributed by atoms with van der Waals surface area (Å²) >= 11 is 3.05. The minimum Gasteiger partial charge on any atom is -0.497 e. The van der Waals surface area contributed by atoms with E-state index in [1.807, 2.05) is 12.1 Å². The van der Waals surface area contributed by atoms with Crippen molar-refractivity contribution in [1.29, 1.82) is 0 Å². The molecule has 2 rings (SSSR count). The topological polar surface area (TPSA) is 46.6 Å². The molecule has 2 amide bonds. The zero-order valence-electron chi connectivity index (χ0n) is 9.14. The smallest absolute Gasteiger partial charge is 0.268 e. The Morgan fingerprint density at radius 1 is 1.24 bits per heavy atom. The van der Waals surface area contributed by atoms with Crippen molar-refractivity contribution in [3.05, 3.63) is 40.4 Å². The standard InChI is InChI=1S/C12H10BrNO3/c1-17-9-4-2-8(3-5-9)7-14-11(15)6-10(13)12(14)16/h2-6H,7H2,1H3. The maximum atomic E-state index is 11.6. The van der Waals surface area contributed by atoms with Crippen molar-refractivity contribution in [3.63, 3.8) is 0 Å². The summed E-state index contributed by atoms with van der Waals surface area (Å²) in [5.74, 6) is 0.149. The fraction of sp³-hybridized carbons (Fsp3) is 0.167. The number of nitrogens with zero attached hydrogens (tertiary/aromatic N) is 1. The van der Waals surface area contributed by atoms with Gasteiger partial charge in [-0.25, -0.2) is 0 Å². The Hall–Kier alpha value is -1.62. The van der Waals surface area contributed by atoms with Gasteiger partial charge in [0, 0.05) is 6.08 Å². The number of halogens is 1. The Balaban J connectivity index is 2.11. The Labute approximate surface area is 107 Å². The molecule has 0 saturated heterocycles. The van der Waals surface area contributed by atoms with E-state index >= 15 is 0 Å². The number of ether oxygens (including phenoxy) is 1. The summed E-state index contributed by atoms with van der Waals surface area (Å²) < 4.78 is 5.34. The van der Waals surface area contributed by atoms with Crippen LogP contribution in [0.1, 0.15) is 5.56 Å². The zero-order valence-corrected chi connectivity index (χ0v) is 10.7. The first-order valence-corrected chi connectivity index (χ1v) is 5.77. The highest BCUT2D eigenvalue weighted by Crippen LogP contribution is 2.21. The van der Waals surface area contributed by atoms with E-state index in [0.29, 0.717) is 4.48 Å². The fourth-order valence-corrected chi connectivity index (χ4v) is 1.95. The average molecular weight is 296 g/mol. The molecule has 0 fully saturated rings. The van der Waals surface area contributed by atoms with Crippen LogP contribution in [0, 0.1) is 0 Å². The molecule has 1 aliphatic heterocycles. The van der Waals surface area contributed by atoms with Crippen LogP contribution >= 0.6 is 15.9 Å². The second kappa shape index (κ2) is 4.71. The SMILES string of the molecule is COc1ccc(CN2C(=O)C=C(Br)C2=O)cc1. The molecule has 0 N–H and O–H groups in total. The van der Waals surface area contributed by atoms with Crippen LogP contribution in [0.5, 0.6) is 5.75 Å². The largest absolute Gasteiger partial charge is 0.497 e. The Morgan fingerprint density at radius 3 is 2.35 bits per heavy atom. The van der Waals surface area contributed by atoms with Gasteiger partial charge in [0.25, 0.3) is 11.8 Å². The first kappa shape index (κ1) is 11.9. The van der Waals surface area contributed by atoms with Crippen LogP contribution in [-0.4, -0.2) is 23.8 Å². The van der Waals surface area contributed by atoms with Crippen LogP contribution in [0.25, 0.3) is 0 Å². The van der Waals surface area contributed by atoms with Gasteiger partial charge in [0.1, 0.15) is 5.75 Å². The second-order valence-corrected chi connectivity index (χ2v) is 4.42. The molecule has 1 aromatic rings. The molecule has 88 valence electrons. The molecule has 17 heavy (non-hydrogen) atoms. The lowest BCUT2D eigenvalue weighted by Crippen LogP contribution is -2.29.